The summed E-state index contributed by atoms with van der Waals surface area (Å²) in [5.74, 6) is -0.833. The molecule has 1 heterocycles. The average Bonchev–Trinajstić information content (AvgIpc) is 2.37. The molecule has 0 radical (unpaired) electrons. The van der Waals surface area contributed by atoms with Crippen molar-refractivity contribution in [1.29, 1.82) is 0 Å². The molecule has 1 aromatic carbocycles. The minimum Gasteiger partial charge on any atom is -0.497 e. The highest BCUT2D eigenvalue weighted by molar-refractivity contribution is 6.03. The summed E-state index contributed by atoms with van der Waals surface area (Å²) >= 11 is 0. The highest BCUT2D eigenvalue weighted by Crippen LogP contribution is 2.27. The van der Waals surface area contributed by atoms with Gasteiger partial charge in [-0.25, -0.2) is 9.78 Å². The number of hydrogen-bond acceptors (Lipinski definition) is 4. The van der Waals surface area contributed by atoms with E-state index in [1.165, 1.54) is 20.1 Å². The lowest BCUT2D eigenvalue weighted by atomic mass is 10.1. The van der Waals surface area contributed by atoms with Gasteiger partial charge in [0.1, 0.15) is 5.75 Å². The van der Waals surface area contributed by atoms with Gasteiger partial charge in [-0.1, -0.05) is 0 Å². The Balaban J connectivity index is 2.70. The molecule has 0 bridgehead atoms. The molecule has 0 saturated heterocycles. The second kappa shape index (κ2) is 4.93. The number of aromatic nitrogens is 1. The van der Waals surface area contributed by atoms with Gasteiger partial charge in [-0.2, -0.15) is 0 Å². The van der Waals surface area contributed by atoms with E-state index in [1.54, 1.807) is 18.2 Å². The fourth-order valence-corrected chi connectivity index (χ4v) is 1.73. The topological polar surface area (TPSA) is 88.5 Å². The van der Waals surface area contributed by atoms with Gasteiger partial charge in [0.25, 0.3) is 0 Å². The van der Waals surface area contributed by atoms with Crippen LogP contribution in [0.3, 0.4) is 0 Å². The predicted molar refractivity (Wildman–Crippen MR) is 69.6 cm³/mol. The Kier molecular flexibility index (Phi) is 3.33. The third-order valence-electron chi connectivity index (χ3n) is 2.55. The van der Waals surface area contributed by atoms with Gasteiger partial charge in [-0.05, 0) is 24.3 Å². The lowest BCUT2D eigenvalue weighted by molar-refractivity contribution is -0.114. The van der Waals surface area contributed by atoms with Crippen LogP contribution in [-0.2, 0) is 4.79 Å². The van der Waals surface area contributed by atoms with Crippen molar-refractivity contribution in [2.24, 2.45) is 0 Å². The summed E-state index contributed by atoms with van der Waals surface area (Å²) in [5.41, 5.74) is 0.750. The summed E-state index contributed by atoms with van der Waals surface area (Å²) in [6, 6.07) is 6.34. The van der Waals surface area contributed by atoms with Gasteiger partial charge < -0.3 is 15.2 Å². The van der Waals surface area contributed by atoms with Gasteiger partial charge in [0.05, 0.1) is 18.3 Å². The minimum atomic E-state index is -1.15. The Morgan fingerprint density at radius 2 is 2.05 bits per heavy atom. The summed E-state index contributed by atoms with van der Waals surface area (Å²) in [7, 11) is 1.53. The number of carboxylic acids is 1. The predicted octanol–water partition coefficient (Wildman–Crippen LogP) is 1.90. The lowest BCUT2D eigenvalue weighted by Crippen LogP contribution is -2.09. The van der Waals surface area contributed by atoms with Gasteiger partial charge in [0.15, 0.2) is 5.69 Å². The van der Waals surface area contributed by atoms with Gasteiger partial charge in [0.2, 0.25) is 5.91 Å². The Bertz CT molecular complexity index is 667. The third-order valence-corrected chi connectivity index (χ3v) is 2.55. The number of ether oxygens (including phenoxy) is 1. The summed E-state index contributed by atoms with van der Waals surface area (Å²) in [6.45, 7) is 1.35. The molecule has 0 atom stereocenters. The van der Waals surface area contributed by atoms with E-state index in [4.69, 9.17) is 9.84 Å². The van der Waals surface area contributed by atoms with Crippen molar-refractivity contribution >= 4 is 28.5 Å². The van der Waals surface area contributed by atoms with E-state index in [9.17, 15) is 9.59 Å². The number of nitrogens with zero attached hydrogens (tertiary/aromatic N) is 1. The molecule has 0 aliphatic rings. The molecule has 0 spiro atoms. The van der Waals surface area contributed by atoms with E-state index in [0.29, 0.717) is 22.3 Å². The lowest BCUT2D eigenvalue weighted by Gasteiger charge is -2.09. The van der Waals surface area contributed by atoms with Crippen molar-refractivity contribution in [3.63, 3.8) is 0 Å². The molecular formula is C13H12N2O4. The molecule has 0 saturated carbocycles. The molecule has 1 aromatic heterocycles. The second-order valence-corrected chi connectivity index (χ2v) is 3.92. The molecule has 0 fully saturated rings. The Morgan fingerprint density at radius 1 is 1.32 bits per heavy atom. The number of benzene rings is 1. The zero-order valence-corrected chi connectivity index (χ0v) is 10.4. The molecule has 0 aliphatic carbocycles. The fraction of sp³-hybridized carbons (Fsp3) is 0.154. The van der Waals surface area contributed by atoms with Crippen LogP contribution in [0.5, 0.6) is 5.75 Å². The van der Waals surface area contributed by atoms with Crippen LogP contribution < -0.4 is 10.1 Å². The Morgan fingerprint density at radius 3 is 2.63 bits per heavy atom. The Hall–Kier alpha value is -2.63. The first-order valence-electron chi connectivity index (χ1n) is 5.51. The number of carbonyl (C=O) groups excluding carboxylic acids is 1. The first-order valence-corrected chi connectivity index (χ1v) is 5.51. The average molecular weight is 260 g/mol. The number of nitrogens with one attached hydrogen (secondary N) is 1. The monoisotopic (exact) mass is 260 g/mol. The number of rotatable bonds is 3. The smallest absolute Gasteiger partial charge is 0.354 e. The van der Waals surface area contributed by atoms with Crippen LogP contribution in [0, 0.1) is 0 Å². The quantitative estimate of drug-likeness (QED) is 0.879. The van der Waals surface area contributed by atoms with E-state index in [0.717, 1.165) is 0 Å². The number of carbonyl (C=O) groups is 2. The number of fused-ring (bicyclic) bond motifs is 1. The summed E-state index contributed by atoms with van der Waals surface area (Å²) in [5, 5.41) is 12.2. The number of pyridine rings is 1. The van der Waals surface area contributed by atoms with Gasteiger partial charge in [0, 0.05) is 12.3 Å². The molecule has 2 N–H and O–H groups in total. The molecule has 0 unspecified atom stereocenters. The molecule has 6 nitrogen and oxygen atoms in total. The number of carboxylic acid groups (broad SMARTS) is 1. The van der Waals surface area contributed by atoms with E-state index in [-0.39, 0.29) is 11.6 Å². The molecule has 1 amide bonds. The van der Waals surface area contributed by atoms with Gasteiger partial charge >= 0.3 is 5.97 Å². The highest BCUT2D eigenvalue weighted by Gasteiger charge is 2.12. The van der Waals surface area contributed by atoms with E-state index >= 15 is 0 Å². The zero-order valence-electron chi connectivity index (χ0n) is 10.4. The first-order chi connectivity index (χ1) is 9.01. The van der Waals surface area contributed by atoms with Gasteiger partial charge in [-0.15, -0.1) is 0 Å². The fourth-order valence-electron chi connectivity index (χ4n) is 1.73. The van der Waals surface area contributed by atoms with Crippen LogP contribution in [0.15, 0.2) is 24.3 Å². The van der Waals surface area contributed by atoms with Crippen LogP contribution >= 0.6 is 0 Å². The molecule has 6 heteroatoms. The number of amides is 1. The summed E-state index contributed by atoms with van der Waals surface area (Å²) < 4.78 is 5.10. The number of hydrogen-bond donors (Lipinski definition) is 2. The maximum atomic E-state index is 11.2. The zero-order chi connectivity index (χ0) is 14.0. The molecule has 0 aliphatic heterocycles. The van der Waals surface area contributed by atoms with Crippen LogP contribution in [-0.4, -0.2) is 29.1 Å². The first kappa shape index (κ1) is 12.8. The molecular weight excluding hydrogens is 248 g/mol. The minimum absolute atomic E-state index is 0.124. The molecule has 2 aromatic rings. The molecule has 98 valence electrons. The third kappa shape index (κ3) is 2.62. The summed E-state index contributed by atoms with van der Waals surface area (Å²) in [4.78, 5) is 26.2. The van der Waals surface area contributed by atoms with Crippen molar-refractivity contribution in [3.8, 4) is 5.75 Å². The van der Waals surface area contributed by atoms with Crippen molar-refractivity contribution in [1.82, 2.24) is 4.98 Å². The normalized spacial score (nSPS) is 10.2. The van der Waals surface area contributed by atoms with E-state index in [2.05, 4.69) is 10.3 Å². The van der Waals surface area contributed by atoms with Crippen LogP contribution in [0.1, 0.15) is 17.4 Å². The summed E-state index contributed by atoms with van der Waals surface area (Å²) in [6.07, 6.45) is 0. The number of methoxy groups -OCH3 is 1. The maximum Gasteiger partial charge on any atom is 0.354 e. The van der Waals surface area contributed by atoms with Crippen molar-refractivity contribution in [2.45, 2.75) is 6.92 Å². The Labute approximate surface area is 109 Å². The van der Waals surface area contributed by atoms with Crippen LogP contribution in [0.2, 0.25) is 0 Å². The molecule has 2 rings (SSSR count). The van der Waals surface area contributed by atoms with Crippen molar-refractivity contribution in [2.75, 3.05) is 12.4 Å². The van der Waals surface area contributed by atoms with E-state index < -0.39 is 5.97 Å². The van der Waals surface area contributed by atoms with Crippen molar-refractivity contribution < 1.29 is 19.4 Å². The van der Waals surface area contributed by atoms with Crippen LogP contribution in [0.4, 0.5) is 5.69 Å². The molecule has 19 heavy (non-hydrogen) atoms. The standard InChI is InChI=1S/C13H12N2O4/c1-7(16)14-11-6-12(13(17)18)15-10-4-3-8(19-2)5-9(10)11/h3-6H,1-2H3,(H,17,18)(H,14,15,16). The SMILES string of the molecule is COc1ccc2nc(C(=O)O)cc(NC(C)=O)c2c1. The van der Waals surface area contributed by atoms with E-state index in [1.807, 2.05) is 0 Å². The number of anilines is 1. The largest absolute Gasteiger partial charge is 0.497 e. The van der Waals surface area contributed by atoms with Crippen molar-refractivity contribution in [3.05, 3.63) is 30.0 Å². The van der Waals surface area contributed by atoms with Crippen LogP contribution in [0.25, 0.3) is 10.9 Å². The van der Waals surface area contributed by atoms with Gasteiger partial charge in [-0.3, -0.25) is 4.79 Å². The number of aromatic carboxylic acids is 1. The second-order valence-electron chi connectivity index (χ2n) is 3.92. The maximum absolute atomic E-state index is 11.2. The highest BCUT2D eigenvalue weighted by atomic mass is 16.5.